The van der Waals surface area contributed by atoms with Gasteiger partial charge in [0.2, 0.25) is 0 Å². The first-order valence-corrected chi connectivity index (χ1v) is 13.0. The van der Waals surface area contributed by atoms with Crippen LogP contribution in [0.4, 0.5) is 13.2 Å². The Morgan fingerprint density at radius 1 is 0.976 bits per heavy atom. The number of para-hydroxylation sites is 3. The minimum absolute atomic E-state index is 0.0881. The summed E-state index contributed by atoms with van der Waals surface area (Å²) in [5.74, 6) is 0.638. The molecule has 0 saturated carbocycles. The van der Waals surface area contributed by atoms with E-state index in [1.807, 2.05) is 29.2 Å². The summed E-state index contributed by atoms with van der Waals surface area (Å²) in [6.45, 7) is 0.939. The van der Waals surface area contributed by atoms with Crippen LogP contribution < -0.4 is 15.2 Å². The lowest BCUT2D eigenvalue weighted by Crippen LogP contribution is -2.40. The smallest absolute Gasteiger partial charge is 0.497 e. The number of fused-ring (bicyclic) bond motifs is 1. The number of nitrogens with zero attached hydrogens (tertiary/aromatic N) is 6. The molecule has 1 saturated heterocycles. The summed E-state index contributed by atoms with van der Waals surface area (Å²) in [4.78, 5) is 17.7. The minimum Gasteiger partial charge on any atom is -0.497 e. The molecule has 6 rings (SSSR count). The molecule has 0 spiro atoms. The number of methoxy groups -OCH3 is 1. The third-order valence-corrected chi connectivity index (χ3v) is 7.35. The van der Waals surface area contributed by atoms with Crippen LogP contribution in [0.25, 0.3) is 16.7 Å². The maximum absolute atomic E-state index is 13.4. The van der Waals surface area contributed by atoms with Gasteiger partial charge in [-0.3, -0.25) is 9.47 Å². The van der Waals surface area contributed by atoms with Gasteiger partial charge >= 0.3 is 12.1 Å². The molecule has 0 radical (unpaired) electrons. The van der Waals surface area contributed by atoms with Crippen molar-refractivity contribution in [1.82, 2.24) is 34.7 Å². The van der Waals surface area contributed by atoms with Gasteiger partial charge in [-0.25, -0.2) is 4.79 Å². The molecule has 212 valence electrons. The van der Waals surface area contributed by atoms with Crippen molar-refractivity contribution >= 4 is 11.0 Å². The Morgan fingerprint density at radius 3 is 2.41 bits per heavy atom. The number of benzene rings is 3. The molecular formula is C28H26F3N7O3. The zero-order chi connectivity index (χ0) is 28.6. The molecule has 41 heavy (non-hydrogen) atoms. The standard InChI is InChI=1S/C28H26F3N7O3/c1-40-20-12-10-19(11-13-20)38-26(33-34-35-38)25(21-6-2-5-9-24(21)41-28(29,30)31)36-16-14-18(15-17-36)37-23-8-4-3-7-22(23)32-27(37)39/h2-13,18,25H,14-17H2,1H3,(H,32,39). The number of halogens is 3. The van der Waals surface area contributed by atoms with Crippen LogP contribution in [0.3, 0.4) is 0 Å². The molecule has 0 bridgehead atoms. The third-order valence-electron chi connectivity index (χ3n) is 7.35. The number of H-pyrrole nitrogens is 1. The minimum atomic E-state index is -4.88. The molecular weight excluding hydrogens is 539 g/mol. The average Bonchev–Trinajstić information content (AvgIpc) is 3.58. The van der Waals surface area contributed by atoms with Crippen LogP contribution in [-0.4, -0.2) is 61.2 Å². The summed E-state index contributed by atoms with van der Waals surface area (Å²) in [5.41, 5.74) is 2.28. The zero-order valence-corrected chi connectivity index (χ0v) is 22.0. The van der Waals surface area contributed by atoms with Crippen molar-refractivity contribution in [3.63, 3.8) is 0 Å². The SMILES string of the molecule is COc1ccc(-n2nnnc2C(c2ccccc2OC(F)(F)F)N2CCC(n3c(=O)[nH]c4ccccc43)CC2)cc1. The molecule has 1 aliphatic heterocycles. The lowest BCUT2D eigenvalue weighted by Gasteiger charge is -2.37. The van der Waals surface area contributed by atoms with Gasteiger partial charge in [-0.1, -0.05) is 30.3 Å². The lowest BCUT2D eigenvalue weighted by atomic mass is 9.97. The second kappa shape index (κ2) is 10.7. The van der Waals surface area contributed by atoms with E-state index in [1.165, 1.54) is 16.8 Å². The third kappa shape index (κ3) is 5.27. The zero-order valence-electron chi connectivity index (χ0n) is 22.0. The molecule has 3 heterocycles. The number of aromatic nitrogens is 6. The second-order valence-corrected chi connectivity index (χ2v) is 9.72. The quantitative estimate of drug-likeness (QED) is 0.307. The highest BCUT2D eigenvalue weighted by atomic mass is 19.4. The van der Waals surface area contributed by atoms with E-state index < -0.39 is 12.4 Å². The Morgan fingerprint density at radius 2 is 1.68 bits per heavy atom. The fraction of sp³-hybridized carbons (Fsp3) is 0.286. The van der Waals surface area contributed by atoms with Gasteiger partial charge in [-0.05, 0) is 65.7 Å². The molecule has 5 aromatic rings. The Kier molecular flexibility index (Phi) is 6.95. The topological polar surface area (TPSA) is 103 Å². The second-order valence-electron chi connectivity index (χ2n) is 9.72. The fourth-order valence-electron chi connectivity index (χ4n) is 5.53. The van der Waals surface area contributed by atoms with Crippen molar-refractivity contribution in [2.45, 2.75) is 31.3 Å². The first kappa shape index (κ1) is 26.6. The molecule has 13 heteroatoms. The van der Waals surface area contributed by atoms with Crippen molar-refractivity contribution < 1.29 is 22.6 Å². The van der Waals surface area contributed by atoms with E-state index in [0.717, 1.165) is 11.0 Å². The van der Waals surface area contributed by atoms with Crippen LogP contribution in [0.15, 0.2) is 77.6 Å². The van der Waals surface area contributed by atoms with Crippen molar-refractivity contribution in [2.24, 2.45) is 0 Å². The van der Waals surface area contributed by atoms with Crippen molar-refractivity contribution in [3.8, 4) is 17.2 Å². The van der Waals surface area contributed by atoms with Crippen LogP contribution in [0.2, 0.25) is 0 Å². The van der Waals surface area contributed by atoms with Crippen LogP contribution >= 0.6 is 0 Å². The molecule has 1 atom stereocenters. The van der Waals surface area contributed by atoms with E-state index in [2.05, 4.69) is 25.2 Å². The number of piperidine rings is 1. The molecule has 1 aliphatic rings. The van der Waals surface area contributed by atoms with Gasteiger partial charge in [-0.15, -0.1) is 18.3 Å². The number of imidazole rings is 1. The summed E-state index contributed by atoms with van der Waals surface area (Å²) < 4.78 is 53.3. The maximum atomic E-state index is 13.4. The highest BCUT2D eigenvalue weighted by molar-refractivity contribution is 5.75. The number of tetrazole rings is 1. The van der Waals surface area contributed by atoms with Crippen LogP contribution in [0.5, 0.6) is 11.5 Å². The number of rotatable bonds is 7. The average molecular weight is 566 g/mol. The number of hydrogen-bond acceptors (Lipinski definition) is 7. The molecule has 1 fully saturated rings. The Balaban J connectivity index is 1.38. The summed E-state index contributed by atoms with van der Waals surface area (Å²) in [5, 5.41) is 12.3. The Bertz CT molecular complexity index is 1700. The van der Waals surface area contributed by atoms with Gasteiger partial charge in [0.15, 0.2) is 5.82 Å². The van der Waals surface area contributed by atoms with Crippen molar-refractivity contribution in [1.29, 1.82) is 0 Å². The predicted molar refractivity (Wildman–Crippen MR) is 143 cm³/mol. The van der Waals surface area contributed by atoms with Crippen molar-refractivity contribution in [3.05, 3.63) is 94.7 Å². The normalized spacial score (nSPS) is 15.7. The molecule has 3 aromatic carbocycles. The van der Waals surface area contributed by atoms with Gasteiger partial charge in [0.05, 0.1) is 23.8 Å². The Hall–Kier alpha value is -4.65. The first-order valence-electron chi connectivity index (χ1n) is 13.0. The van der Waals surface area contributed by atoms with Gasteiger partial charge in [0.25, 0.3) is 0 Å². The summed E-state index contributed by atoms with van der Waals surface area (Å²) >= 11 is 0. The van der Waals surface area contributed by atoms with Gasteiger partial charge in [-0.2, -0.15) is 4.68 Å². The van der Waals surface area contributed by atoms with Gasteiger partial charge < -0.3 is 14.5 Å². The Labute approximate surface area is 231 Å². The fourth-order valence-corrected chi connectivity index (χ4v) is 5.53. The molecule has 0 aliphatic carbocycles. The number of alkyl halides is 3. The van der Waals surface area contributed by atoms with Gasteiger partial charge in [0, 0.05) is 24.7 Å². The van der Waals surface area contributed by atoms with E-state index in [4.69, 9.17) is 4.74 Å². The molecule has 10 nitrogen and oxygen atoms in total. The molecule has 1 unspecified atom stereocenters. The molecule has 2 aromatic heterocycles. The van der Waals surface area contributed by atoms with Crippen LogP contribution in [0.1, 0.15) is 36.3 Å². The van der Waals surface area contributed by atoms with Crippen LogP contribution in [0, 0.1) is 0 Å². The number of hydrogen-bond donors (Lipinski definition) is 1. The van der Waals surface area contributed by atoms with E-state index in [0.29, 0.717) is 43.2 Å². The summed E-state index contributed by atoms with van der Waals surface area (Å²) in [6.07, 6.45) is -3.71. The summed E-state index contributed by atoms with van der Waals surface area (Å²) in [6, 6.07) is 19.7. The summed E-state index contributed by atoms with van der Waals surface area (Å²) in [7, 11) is 1.55. The number of nitrogens with one attached hydrogen (secondary N) is 1. The number of ether oxygens (including phenoxy) is 2. The monoisotopic (exact) mass is 565 g/mol. The van der Waals surface area contributed by atoms with E-state index in [-0.39, 0.29) is 23.0 Å². The van der Waals surface area contributed by atoms with E-state index >= 15 is 0 Å². The van der Waals surface area contributed by atoms with Crippen LogP contribution in [-0.2, 0) is 0 Å². The number of aromatic amines is 1. The molecule has 0 amide bonds. The van der Waals surface area contributed by atoms with Gasteiger partial charge in [0.1, 0.15) is 17.5 Å². The highest BCUT2D eigenvalue weighted by Crippen LogP contribution is 2.39. The number of likely N-dealkylation sites (tertiary alicyclic amines) is 1. The largest absolute Gasteiger partial charge is 0.573 e. The van der Waals surface area contributed by atoms with Crippen molar-refractivity contribution in [2.75, 3.05) is 20.2 Å². The lowest BCUT2D eigenvalue weighted by molar-refractivity contribution is -0.275. The predicted octanol–water partition coefficient (Wildman–Crippen LogP) is 4.64. The first-order chi connectivity index (χ1) is 19.8. The van der Waals surface area contributed by atoms with E-state index in [9.17, 15) is 18.0 Å². The maximum Gasteiger partial charge on any atom is 0.573 e. The highest BCUT2D eigenvalue weighted by Gasteiger charge is 2.37. The molecule has 1 N–H and O–H groups in total. The van der Waals surface area contributed by atoms with E-state index in [1.54, 1.807) is 48.1 Å².